The molecule has 1 aromatic rings. The second-order valence-corrected chi connectivity index (χ2v) is 7.49. The van der Waals surface area contributed by atoms with E-state index in [4.69, 9.17) is 11.6 Å². The molecule has 3 rings (SSSR count). The molecule has 3 nitrogen and oxygen atoms in total. The topological polar surface area (TPSA) is 32.3 Å². The fourth-order valence-electron chi connectivity index (χ4n) is 3.47. The zero-order valence-electron chi connectivity index (χ0n) is 12.0. The van der Waals surface area contributed by atoms with E-state index < -0.39 is 0 Å². The summed E-state index contributed by atoms with van der Waals surface area (Å²) in [6, 6.07) is 5.47. The number of hydrogen-bond acceptors (Lipinski definition) is 2. The number of carbonyl (C=O) groups excluding carboxylic acids is 1. The molecule has 0 unspecified atom stereocenters. The molecular formula is C16H20BrClN2O. The first-order valence-electron chi connectivity index (χ1n) is 7.55. The van der Waals surface area contributed by atoms with Crippen molar-refractivity contribution in [2.45, 2.75) is 25.7 Å². The summed E-state index contributed by atoms with van der Waals surface area (Å²) in [6.45, 7) is 3.94. The minimum Gasteiger partial charge on any atom is -0.339 e. The number of amides is 1. The van der Waals surface area contributed by atoms with Crippen LogP contribution < -0.4 is 5.32 Å². The van der Waals surface area contributed by atoms with Crippen LogP contribution in [0, 0.1) is 5.41 Å². The van der Waals surface area contributed by atoms with Crippen LogP contribution in [-0.4, -0.2) is 37.0 Å². The molecule has 114 valence electrons. The Hall–Kier alpha value is -0.580. The summed E-state index contributed by atoms with van der Waals surface area (Å²) in [5.41, 5.74) is 1.08. The van der Waals surface area contributed by atoms with Gasteiger partial charge in [0.1, 0.15) is 0 Å². The van der Waals surface area contributed by atoms with Gasteiger partial charge in [-0.15, -0.1) is 0 Å². The molecule has 2 aliphatic heterocycles. The number of carbonyl (C=O) groups is 1. The number of rotatable bonds is 1. The van der Waals surface area contributed by atoms with E-state index in [1.165, 1.54) is 12.8 Å². The molecule has 0 aromatic heterocycles. The molecule has 1 aromatic carbocycles. The molecule has 1 amide bonds. The SMILES string of the molecule is O=C(c1ccc(Br)cc1Cl)N1CCC2(CCNCC2)CC1. The van der Waals surface area contributed by atoms with Gasteiger partial charge in [-0.25, -0.2) is 0 Å². The lowest BCUT2D eigenvalue weighted by Gasteiger charge is -2.44. The van der Waals surface area contributed by atoms with E-state index in [1.54, 1.807) is 6.07 Å². The smallest absolute Gasteiger partial charge is 0.255 e. The molecule has 21 heavy (non-hydrogen) atoms. The van der Waals surface area contributed by atoms with Crippen molar-refractivity contribution >= 4 is 33.4 Å². The maximum atomic E-state index is 12.6. The van der Waals surface area contributed by atoms with Crippen molar-refractivity contribution in [2.24, 2.45) is 5.41 Å². The third kappa shape index (κ3) is 3.27. The molecule has 2 saturated heterocycles. The minimum atomic E-state index is 0.0660. The van der Waals surface area contributed by atoms with Gasteiger partial charge in [0.2, 0.25) is 0 Å². The number of benzene rings is 1. The number of nitrogens with zero attached hydrogens (tertiary/aromatic N) is 1. The Balaban J connectivity index is 1.67. The van der Waals surface area contributed by atoms with Gasteiger partial charge in [0.15, 0.2) is 0 Å². The molecule has 0 radical (unpaired) electrons. The molecule has 5 heteroatoms. The van der Waals surface area contributed by atoms with Crippen molar-refractivity contribution in [3.63, 3.8) is 0 Å². The highest BCUT2D eigenvalue weighted by Gasteiger charge is 2.37. The van der Waals surface area contributed by atoms with Crippen LogP contribution in [0.15, 0.2) is 22.7 Å². The monoisotopic (exact) mass is 370 g/mol. The van der Waals surface area contributed by atoms with Gasteiger partial charge in [-0.2, -0.15) is 0 Å². The summed E-state index contributed by atoms with van der Waals surface area (Å²) in [6.07, 6.45) is 4.73. The molecule has 1 spiro atoms. The van der Waals surface area contributed by atoms with Gasteiger partial charge >= 0.3 is 0 Å². The fourth-order valence-corrected chi connectivity index (χ4v) is 4.23. The van der Waals surface area contributed by atoms with Gasteiger partial charge in [0, 0.05) is 17.6 Å². The van der Waals surface area contributed by atoms with Crippen molar-refractivity contribution in [1.82, 2.24) is 10.2 Å². The van der Waals surface area contributed by atoms with Crippen LogP contribution in [0.2, 0.25) is 5.02 Å². The second-order valence-electron chi connectivity index (χ2n) is 6.17. The second kappa shape index (κ2) is 6.27. The number of hydrogen-bond donors (Lipinski definition) is 1. The van der Waals surface area contributed by atoms with Gasteiger partial charge in [0.25, 0.3) is 5.91 Å². The number of halogens is 2. The summed E-state index contributed by atoms with van der Waals surface area (Å²) in [4.78, 5) is 14.6. The predicted molar refractivity (Wildman–Crippen MR) is 88.8 cm³/mol. The lowest BCUT2D eigenvalue weighted by molar-refractivity contribution is 0.0496. The number of piperidine rings is 2. The fraction of sp³-hybridized carbons (Fsp3) is 0.562. The lowest BCUT2D eigenvalue weighted by Crippen LogP contribution is -2.47. The van der Waals surface area contributed by atoms with E-state index >= 15 is 0 Å². The van der Waals surface area contributed by atoms with Crippen LogP contribution in [0.3, 0.4) is 0 Å². The van der Waals surface area contributed by atoms with E-state index in [0.29, 0.717) is 16.0 Å². The average molecular weight is 372 g/mol. The molecule has 0 bridgehead atoms. The Labute approximate surface area is 139 Å². The maximum Gasteiger partial charge on any atom is 0.255 e. The summed E-state index contributed by atoms with van der Waals surface area (Å²) in [7, 11) is 0. The van der Waals surface area contributed by atoms with Crippen LogP contribution in [0.5, 0.6) is 0 Å². The summed E-state index contributed by atoms with van der Waals surface area (Å²) < 4.78 is 0.899. The van der Waals surface area contributed by atoms with Crippen molar-refractivity contribution in [1.29, 1.82) is 0 Å². The van der Waals surface area contributed by atoms with E-state index in [9.17, 15) is 4.79 Å². The van der Waals surface area contributed by atoms with E-state index in [-0.39, 0.29) is 5.91 Å². The number of nitrogens with one attached hydrogen (secondary N) is 1. The van der Waals surface area contributed by atoms with Crippen LogP contribution in [0.4, 0.5) is 0 Å². The quantitative estimate of drug-likeness (QED) is 0.816. The van der Waals surface area contributed by atoms with Crippen LogP contribution in [0.1, 0.15) is 36.0 Å². The Bertz CT molecular complexity index is 533. The molecule has 2 heterocycles. The van der Waals surface area contributed by atoms with Gasteiger partial charge < -0.3 is 10.2 Å². The van der Waals surface area contributed by atoms with Gasteiger partial charge in [-0.05, 0) is 62.4 Å². The molecule has 2 fully saturated rings. The zero-order chi connectivity index (χ0) is 14.9. The molecular weight excluding hydrogens is 352 g/mol. The number of likely N-dealkylation sites (tertiary alicyclic amines) is 1. The van der Waals surface area contributed by atoms with Crippen molar-refractivity contribution < 1.29 is 4.79 Å². The maximum absolute atomic E-state index is 12.6. The average Bonchev–Trinajstić information content (AvgIpc) is 2.48. The van der Waals surface area contributed by atoms with Crippen LogP contribution >= 0.6 is 27.5 Å². The Morgan fingerprint density at radius 1 is 1.19 bits per heavy atom. The highest BCUT2D eigenvalue weighted by Crippen LogP contribution is 2.40. The summed E-state index contributed by atoms with van der Waals surface area (Å²) in [5, 5.41) is 3.95. The first-order valence-corrected chi connectivity index (χ1v) is 8.72. The first-order chi connectivity index (χ1) is 10.1. The Morgan fingerprint density at radius 3 is 2.48 bits per heavy atom. The highest BCUT2D eigenvalue weighted by molar-refractivity contribution is 9.10. The third-order valence-electron chi connectivity index (χ3n) is 4.94. The summed E-state index contributed by atoms with van der Waals surface area (Å²) >= 11 is 9.57. The van der Waals surface area contributed by atoms with E-state index in [2.05, 4.69) is 21.2 Å². The van der Waals surface area contributed by atoms with Gasteiger partial charge in [0.05, 0.1) is 10.6 Å². The Kier molecular flexibility index (Phi) is 4.57. The van der Waals surface area contributed by atoms with Gasteiger partial charge in [-0.3, -0.25) is 4.79 Å². The molecule has 0 atom stereocenters. The van der Waals surface area contributed by atoms with Crippen LogP contribution in [0.25, 0.3) is 0 Å². The first kappa shape index (κ1) is 15.3. The Morgan fingerprint density at radius 2 is 1.86 bits per heavy atom. The van der Waals surface area contributed by atoms with E-state index in [1.807, 2.05) is 17.0 Å². The standard InChI is InChI=1S/C16H20BrClN2O/c17-12-1-2-13(14(18)11-12)15(21)20-9-5-16(6-10-20)3-7-19-8-4-16/h1-2,11,19H,3-10H2. The van der Waals surface area contributed by atoms with Gasteiger partial charge in [-0.1, -0.05) is 27.5 Å². The van der Waals surface area contributed by atoms with Crippen molar-refractivity contribution in [2.75, 3.05) is 26.2 Å². The van der Waals surface area contributed by atoms with Crippen molar-refractivity contribution in [3.05, 3.63) is 33.3 Å². The predicted octanol–water partition coefficient (Wildman–Crippen LogP) is 3.71. The minimum absolute atomic E-state index is 0.0660. The summed E-state index contributed by atoms with van der Waals surface area (Å²) in [5.74, 6) is 0.0660. The highest BCUT2D eigenvalue weighted by atomic mass is 79.9. The molecule has 2 aliphatic rings. The third-order valence-corrected chi connectivity index (χ3v) is 5.74. The molecule has 0 saturated carbocycles. The van der Waals surface area contributed by atoms with Crippen LogP contribution in [-0.2, 0) is 0 Å². The van der Waals surface area contributed by atoms with Crippen molar-refractivity contribution in [3.8, 4) is 0 Å². The largest absolute Gasteiger partial charge is 0.339 e. The molecule has 0 aliphatic carbocycles. The zero-order valence-corrected chi connectivity index (χ0v) is 14.3. The normalized spacial score (nSPS) is 21.5. The molecule has 1 N–H and O–H groups in total. The lowest BCUT2D eigenvalue weighted by atomic mass is 9.71. The van der Waals surface area contributed by atoms with E-state index in [0.717, 1.165) is 43.5 Å².